The van der Waals surface area contributed by atoms with Crippen LogP contribution < -0.4 is 4.74 Å². The lowest BCUT2D eigenvalue weighted by Crippen LogP contribution is -2.49. The maximum Gasteiger partial charge on any atom is 0.247 e. The van der Waals surface area contributed by atoms with Crippen LogP contribution in [0.1, 0.15) is 31.9 Å². The molecular formula is C25H33FN2O4S. The molecule has 8 heteroatoms. The van der Waals surface area contributed by atoms with Crippen LogP contribution >= 0.6 is 0 Å². The van der Waals surface area contributed by atoms with E-state index >= 15 is 0 Å². The SMILES string of the molecule is C/C=C/c1ccc2c(c1)O[C@@H](CN(C)Cc1cccc(F)c1)[C@@H](C)CN([C@H](C)CO)S2(=O)=O. The van der Waals surface area contributed by atoms with Gasteiger partial charge in [-0.2, -0.15) is 4.31 Å². The van der Waals surface area contributed by atoms with Crippen LogP contribution in [0.4, 0.5) is 4.39 Å². The van der Waals surface area contributed by atoms with Crippen molar-refractivity contribution in [2.75, 3.05) is 26.7 Å². The molecule has 0 spiro atoms. The summed E-state index contributed by atoms with van der Waals surface area (Å²) >= 11 is 0. The number of rotatable bonds is 7. The van der Waals surface area contributed by atoms with Crippen molar-refractivity contribution in [1.82, 2.24) is 9.21 Å². The van der Waals surface area contributed by atoms with E-state index in [4.69, 9.17) is 4.74 Å². The van der Waals surface area contributed by atoms with E-state index in [1.807, 2.05) is 44.0 Å². The van der Waals surface area contributed by atoms with Gasteiger partial charge < -0.3 is 9.84 Å². The molecule has 33 heavy (non-hydrogen) atoms. The molecule has 180 valence electrons. The summed E-state index contributed by atoms with van der Waals surface area (Å²) < 4.78 is 48.2. The number of nitrogens with zero attached hydrogens (tertiary/aromatic N) is 2. The molecule has 0 aromatic heterocycles. The molecule has 1 heterocycles. The Kier molecular flexibility index (Phi) is 8.28. The van der Waals surface area contributed by atoms with Crippen molar-refractivity contribution in [3.05, 3.63) is 65.5 Å². The monoisotopic (exact) mass is 476 g/mol. The van der Waals surface area contributed by atoms with Gasteiger partial charge in [0.1, 0.15) is 22.6 Å². The lowest BCUT2D eigenvalue weighted by molar-refractivity contribution is 0.0733. The van der Waals surface area contributed by atoms with Gasteiger partial charge in [0.05, 0.1) is 6.61 Å². The van der Waals surface area contributed by atoms with Gasteiger partial charge in [0.2, 0.25) is 10.0 Å². The lowest BCUT2D eigenvalue weighted by Gasteiger charge is -2.37. The Hall–Kier alpha value is -2.26. The second-order valence-corrected chi connectivity index (χ2v) is 10.6. The van der Waals surface area contributed by atoms with E-state index in [-0.39, 0.29) is 35.9 Å². The van der Waals surface area contributed by atoms with E-state index in [1.54, 1.807) is 31.2 Å². The average molecular weight is 477 g/mol. The first-order valence-electron chi connectivity index (χ1n) is 11.1. The number of sulfonamides is 1. The first-order valence-corrected chi connectivity index (χ1v) is 12.6. The molecule has 1 aliphatic heterocycles. The molecule has 0 aliphatic carbocycles. The summed E-state index contributed by atoms with van der Waals surface area (Å²) in [5, 5.41) is 9.74. The van der Waals surface area contributed by atoms with E-state index in [0.717, 1.165) is 11.1 Å². The van der Waals surface area contributed by atoms with Crippen LogP contribution in [0.3, 0.4) is 0 Å². The molecule has 1 N–H and O–H groups in total. The number of ether oxygens (including phenoxy) is 1. The van der Waals surface area contributed by atoms with Gasteiger partial charge in [-0.15, -0.1) is 0 Å². The summed E-state index contributed by atoms with van der Waals surface area (Å²) in [6.45, 7) is 6.55. The van der Waals surface area contributed by atoms with Crippen molar-refractivity contribution in [2.24, 2.45) is 5.92 Å². The molecular weight excluding hydrogens is 443 g/mol. The zero-order chi connectivity index (χ0) is 24.2. The number of halogens is 1. The van der Waals surface area contributed by atoms with Crippen molar-refractivity contribution in [3.63, 3.8) is 0 Å². The highest BCUT2D eigenvalue weighted by Gasteiger charge is 2.38. The van der Waals surface area contributed by atoms with Gasteiger partial charge in [-0.1, -0.05) is 37.3 Å². The van der Waals surface area contributed by atoms with Crippen LogP contribution in [0.15, 0.2) is 53.4 Å². The Bertz CT molecular complexity index is 1090. The summed E-state index contributed by atoms with van der Waals surface area (Å²) in [5.41, 5.74) is 1.69. The number of likely N-dealkylation sites (N-methyl/N-ethyl adjacent to an activating group) is 1. The molecule has 0 amide bonds. The second kappa shape index (κ2) is 10.8. The van der Waals surface area contributed by atoms with Crippen LogP contribution in [0.5, 0.6) is 5.75 Å². The molecule has 0 fully saturated rings. The molecule has 2 aromatic rings. The van der Waals surface area contributed by atoms with Crippen LogP contribution in [-0.4, -0.2) is 61.6 Å². The fourth-order valence-electron chi connectivity index (χ4n) is 4.07. The fourth-order valence-corrected chi connectivity index (χ4v) is 5.90. The van der Waals surface area contributed by atoms with E-state index < -0.39 is 16.1 Å². The molecule has 0 bridgehead atoms. The summed E-state index contributed by atoms with van der Waals surface area (Å²) in [5.74, 6) is -0.126. The molecule has 0 unspecified atom stereocenters. The van der Waals surface area contributed by atoms with E-state index in [2.05, 4.69) is 0 Å². The van der Waals surface area contributed by atoms with E-state index in [1.165, 1.54) is 16.4 Å². The molecule has 1 aliphatic rings. The van der Waals surface area contributed by atoms with Gasteiger partial charge in [-0.25, -0.2) is 12.8 Å². The zero-order valence-electron chi connectivity index (χ0n) is 19.6. The first kappa shape index (κ1) is 25.4. The summed E-state index contributed by atoms with van der Waals surface area (Å²) in [6, 6.07) is 11.0. The predicted molar refractivity (Wildman–Crippen MR) is 128 cm³/mol. The van der Waals surface area contributed by atoms with Crippen LogP contribution in [-0.2, 0) is 16.6 Å². The summed E-state index contributed by atoms with van der Waals surface area (Å²) in [4.78, 5) is 2.14. The minimum Gasteiger partial charge on any atom is -0.487 e. The number of aliphatic hydroxyl groups is 1. The number of fused-ring (bicyclic) bond motifs is 1. The standard InChI is InChI=1S/C25H33FN2O4S/c1-5-7-20-10-11-25-23(13-20)32-24(16-27(4)15-21-8-6-9-22(26)12-21)18(2)14-28(19(3)17-29)33(25,30)31/h5-13,18-19,24,29H,14-17H2,1-4H3/b7-5+/t18-,19+,24-/m0/s1. The molecule has 3 atom stereocenters. The van der Waals surface area contributed by atoms with Gasteiger partial charge in [-0.3, -0.25) is 4.90 Å². The third-order valence-corrected chi connectivity index (χ3v) is 7.90. The normalized spacial score (nSPS) is 21.9. The van der Waals surface area contributed by atoms with Gasteiger partial charge in [-0.05, 0) is 56.3 Å². The smallest absolute Gasteiger partial charge is 0.247 e. The minimum atomic E-state index is -3.85. The Labute approximate surface area is 196 Å². The Morgan fingerprint density at radius 2 is 2.06 bits per heavy atom. The van der Waals surface area contributed by atoms with Crippen molar-refractivity contribution < 1.29 is 22.7 Å². The first-order chi connectivity index (χ1) is 15.6. The van der Waals surface area contributed by atoms with Crippen molar-refractivity contribution >= 4 is 16.1 Å². The quantitative estimate of drug-likeness (QED) is 0.659. The number of allylic oxidation sites excluding steroid dienone is 1. The van der Waals surface area contributed by atoms with Crippen LogP contribution in [0.2, 0.25) is 0 Å². The molecule has 0 saturated heterocycles. The van der Waals surface area contributed by atoms with Crippen LogP contribution in [0, 0.1) is 11.7 Å². The molecule has 3 rings (SSSR count). The highest BCUT2D eigenvalue weighted by Crippen LogP contribution is 2.34. The predicted octanol–water partition coefficient (Wildman–Crippen LogP) is 3.76. The molecule has 0 saturated carbocycles. The number of benzene rings is 2. The van der Waals surface area contributed by atoms with E-state index in [9.17, 15) is 17.9 Å². The van der Waals surface area contributed by atoms with Crippen molar-refractivity contribution in [1.29, 1.82) is 0 Å². The fraction of sp³-hybridized carbons (Fsp3) is 0.440. The minimum absolute atomic E-state index is 0.0979. The van der Waals surface area contributed by atoms with Gasteiger partial charge in [0.25, 0.3) is 0 Å². The number of hydrogen-bond donors (Lipinski definition) is 1. The average Bonchev–Trinajstić information content (AvgIpc) is 2.76. The molecule has 2 aromatic carbocycles. The Morgan fingerprint density at radius 1 is 1.30 bits per heavy atom. The summed E-state index contributed by atoms with van der Waals surface area (Å²) in [6.07, 6.45) is 3.45. The van der Waals surface area contributed by atoms with Gasteiger partial charge >= 0.3 is 0 Å². The lowest BCUT2D eigenvalue weighted by atomic mass is 10.0. The Morgan fingerprint density at radius 3 is 2.73 bits per heavy atom. The van der Waals surface area contributed by atoms with Crippen molar-refractivity contribution in [3.8, 4) is 5.75 Å². The second-order valence-electron chi connectivity index (χ2n) is 8.77. The summed E-state index contributed by atoms with van der Waals surface area (Å²) in [7, 11) is -1.92. The molecule has 0 radical (unpaired) electrons. The van der Waals surface area contributed by atoms with Crippen LogP contribution in [0.25, 0.3) is 6.08 Å². The van der Waals surface area contributed by atoms with E-state index in [0.29, 0.717) is 18.8 Å². The maximum atomic E-state index is 13.6. The zero-order valence-corrected chi connectivity index (χ0v) is 20.4. The third kappa shape index (κ3) is 6.00. The maximum absolute atomic E-state index is 13.6. The highest BCUT2D eigenvalue weighted by molar-refractivity contribution is 7.89. The number of hydrogen-bond acceptors (Lipinski definition) is 5. The molecule has 6 nitrogen and oxygen atoms in total. The van der Waals surface area contributed by atoms with Gasteiger partial charge in [0, 0.05) is 31.6 Å². The van der Waals surface area contributed by atoms with Crippen molar-refractivity contribution in [2.45, 2.75) is 44.4 Å². The van der Waals surface area contributed by atoms with Gasteiger partial charge in [0.15, 0.2) is 0 Å². The highest BCUT2D eigenvalue weighted by atomic mass is 32.2. The number of aliphatic hydroxyl groups excluding tert-OH is 1. The third-order valence-electron chi connectivity index (χ3n) is 5.88. The largest absolute Gasteiger partial charge is 0.487 e. The topological polar surface area (TPSA) is 70.1 Å². The Balaban J connectivity index is 1.96.